The first-order valence-electron chi connectivity index (χ1n) is 10.9. The van der Waals surface area contributed by atoms with Crippen LogP contribution in [0.5, 0.6) is 0 Å². The summed E-state index contributed by atoms with van der Waals surface area (Å²) < 4.78 is 0. The molecule has 1 atom stereocenters. The fraction of sp³-hybridized carbons (Fsp3) is 0.625. The third-order valence-electron chi connectivity index (χ3n) is 5.73. The molecular formula is C24H39N3S. The second kappa shape index (κ2) is 12.3. The second-order valence-corrected chi connectivity index (χ2v) is 9.44. The summed E-state index contributed by atoms with van der Waals surface area (Å²) in [7, 11) is 2.05. The van der Waals surface area contributed by atoms with E-state index in [0.717, 1.165) is 36.7 Å². The summed E-state index contributed by atoms with van der Waals surface area (Å²) in [5.41, 5.74) is 3.55. The second-order valence-electron chi connectivity index (χ2n) is 8.30. The number of hydrogen-bond acceptors (Lipinski definition) is 4. The lowest BCUT2D eigenvalue weighted by atomic mass is 9.83. The van der Waals surface area contributed by atoms with Gasteiger partial charge in [-0.2, -0.15) is 0 Å². The van der Waals surface area contributed by atoms with Crippen molar-refractivity contribution >= 4 is 24.2 Å². The lowest BCUT2D eigenvalue weighted by Crippen LogP contribution is -2.43. The Balaban J connectivity index is 1.79. The SMILES string of the molecule is C=Nc1ccc(C(C)C)cc1SCCCC(=C)NC(CNC)C1CCCCC1. The van der Waals surface area contributed by atoms with Crippen LogP contribution in [-0.4, -0.2) is 32.1 Å². The van der Waals surface area contributed by atoms with Crippen molar-refractivity contribution in [2.45, 2.75) is 75.6 Å². The smallest absolute Gasteiger partial charge is 0.0758 e. The van der Waals surface area contributed by atoms with Gasteiger partial charge in [-0.1, -0.05) is 45.8 Å². The maximum absolute atomic E-state index is 4.31. The standard InChI is InChI=1S/C24H39N3S/c1-18(2)21-13-14-22(26-5)24(16-21)28-15-9-10-19(3)27-23(17-25-4)20-11-7-6-8-12-20/h13-14,16,18,20,23,25,27H,3,5-12,15,17H2,1-2,4H3. The summed E-state index contributed by atoms with van der Waals surface area (Å²) in [5.74, 6) is 2.39. The molecule has 1 saturated carbocycles. The predicted molar refractivity (Wildman–Crippen MR) is 126 cm³/mol. The number of thioether (sulfide) groups is 1. The summed E-state index contributed by atoms with van der Waals surface area (Å²) in [4.78, 5) is 5.43. The molecule has 0 bridgehead atoms. The average Bonchev–Trinajstić information content (AvgIpc) is 2.71. The summed E-state index contributed by atoms with van der Waals surface area (Å²) in [6, 6.07) is 7.05. The molecule has 0 amide bonds. The highest BCUT2D eigenvalue weighted by molar-refractivity contribution is 7.99. The van der Waals surface area contributed by atoms with E-state index in [1.165, 1.54) is 48.3 Å². The van der Waals surface area contributed by atoms with Gasteiger partial charge in [0.25, 0.3) is 0 Å². The summed E-state index contributed by atoms with van der Waals surface area (Å²) >= 11 is 1.89. The lowest BCUT2D eigenvalue weighted by molar-refractivity contribution is 0.275. The van der Waals surface area contributed by atoms with Gasteiger partial charge < -0.3 is 10.6 Å². The topological polar surface area (TPSA) is 36.4 Å². The Kier molecular flexibility index (Phi) is 10.1. The van der Waals surface area contributed by atoms with Crippen LogP contribution in [0.1, 0.15) is 70.3 Å². The molecule has 28 heavy (non-hydrogen) atoms. The first-order valence-corrected chi connectivity index (χ1v) is 11.9. The Labute approximate surface area is 176 Å². The van der Waals surface area contributed by atoms with Gasteiger partial charge in [-0.3, -0.25) is 4.99 Å². The van der Waals surface area contributed by atoms with Crippen LogP contribution in [-0.2, 0) is 0 Å². The van der Waals surface area contributed by atoms with Crippen LogP contribution in [0.2, 0.25) is 0 Å². The molecule has 0 spiro atoms. The van der Waals surface area contributed by atoms with E-state index in [9.17, 15) is 0 Å². The van der Waals surface area contributed by atoms with Crippen molar-refractivity contribution in [3.8, 4) is 0 Å². The first-order chi connectivity index (χ1) is 13.5. The molecule has 4 heteroatoms. The predicted octanol–water partition coefficient (Wildman–Crippen LogP) is 6.29. The summed E-state index contributed by atoms with van der Waals surface area (Å²) in [6.45, 7) is 13.5. The van der Waals surface area contributed by atoms with E-state index in [1.54, 1.807) is 0 Å². The molecule has 2 N–H and O–H groups in total. The number of nitrogens with one attached hydrogen (secondary N) is 2. The molecule has 156 valence electrons. The Hall–Kier alpha value is -1.26. The van der Waals surface area contributed by atoms with Gasteiger partial charge in [0.2, 0.25) is 0 Å². The molecule has 0 saturated heterocycles. The van der Waals surface area contributed by atoms with Gasteiger partial charge in [0.15, 0.2) is 0 Å². The van der Waals surface area contributed by atoms with Crippen molar-refractivity contribution in [3.63, 3.8) is 0 Å². The number of hydrogen-bond donors (Lipinski definition) is 2. The van der Waals surface area contributed by atoms with Gasteiger partial charge in [-0.05, 0) is 74.7 Å². The molecule has 0 radical (unpaired) electrons. The lowest BCUT2D eigenvalue weighted by Gasteiger charge is -2.32. The van der Waals surface area contributed by atoms with Gasteiger partial charge in [0, 0.05) is 23.2 Å². The van der Waals surface area contributed by atoms with Gasteiger partial charge in [-0.25, -0.2) is 0 Å². The van der Waals surface area contributed by atoms with Crippen molar-refractivity contribution in [1.29, 1.82) is 0 Å². The van der Waals surface area contributed by atoms with E-state index < -0.39 is 0 Å². The molecule has 2 rings (SSSR count). The molecule has 0 heterocycles. The van der Waals surface area contributed by atoms with Crippen LogP contribution in [0.4, 0.5) is 5.69 Å². The molecule has 0 aromatic heterocycles. The molecule has 1 fully saturated rings. The third-order valence-corrected chi connectivity index (χ3v) is 6.86. The summed E-state index contributed by atoms with van der Waals surface area (Å²) in [5, 5.41) is 7.10. The van der Waals surface area contributed by atoms with Crippen LogP contribution in [0.3, 0.4) is 0 Å². The van der Waals surface area contributed by atoms with Crippen molar-refractivity contribution in [1.82, 2.24) is 10.6 Å². The van der Waals surface area contributed by atoms with Gasteiger partial charge >= 0.3 is 0 Å². The number of aliphatic imine (C=N–C) groups is 1. The third kappa shape index (κ3) is 7.29. The van der Waals surface area contributed by atoms with Crippen molar-refractivity contribution in [3.05, 3.63) is 36.0 Å². The fourth-order valence-electron chi connectivity index (χ4n) is 4.03. The number of benzene rings is 1. The van der Waals surface area contributed by atoms with Crippen LogP contribution in [0.15, 0.2) is 40.4 Å². The molecule has 1 unspecified atom stereocenters. The Morgan fingerprint density at radius 1 is 1.25 bits per heavy atom. The highest BCUT2D eigenvalue weighted by atomic mass is 32.2. The monoisotopic (exact) mass is 401 g/mol. The number of nitrogens with zero attached hydrogens (tertiary/aromatic N) is 1. The molecule has 3 nitrogen and oxygen atoms in total. The van der Waals surface area contributed by atoms with Crippen LogP contribution < -0.4 is 10.6 Å². The van der Waals surface area contributed by atoms with E-state index in [2.05, 4.69) is 61.0 Å². The highest BCUT2D eigenvalue weighted by Crippen LogP contribution is 2.33. The molecular weight excluding hydrogens is 362 g/mol. The highest BCUT2D eigenvalue weighted by Gasteiger charge is 2.23. The zero-order valence-corrected chi connectivity index (χ0v) is 18.9. The Bertz CT molecular complexity index is 620. The maximum atomic E-state index is 4.31. The quantitative estimate of drug-likeness (QED) is 0.246. The van der Waals surface area contributed by atoms with Crippen LogP contribution in [0.25, 0.3) is 0 Å². The van der Waals surface area contributed by atoms with Crippen molar-refractivity contribution in [2.24, 2.45) is 10.9 Å². The normalized spacial score (nSPS) is 16.1. The number of allylic oxidation sites excluding steroid dienone is 1. The number of likely N-dealkylation sites (N-methyl/N-ethyl adjacent to an activating group) is 1. The van der Waals surface area contributed by atoms with Crippen LogP contribution in [0, 0.1) is 5.92 Å². The van der Waals surface area contributed by atoms with Crippen LogP contribution >= 0.6 is 11.8 Å². The Morgan fingerprint density at radius 3 is 2.64 bits per heavy atom. The van der Waals surface area contributed by atoms with Gasteiger partial charge in [0.1, 0.15) is 0 Å². The van der Waals surface area contributed by atoms with E-state index in [0.29, 0.717) is 12.0 Å². The Morgan fingerprint density at radius 2 is 2.00 bits per heavy atom. The molecule has 1 aliphatic rings. The molecule has 1 aliphatic carbocycles. The van der Waals surface area contributed by atoms with E-state index >= 15 is 0 Å². The number of rotatable bonds is 12. The fourth-order valence-corrected chi connectivity index (χ4v) is 5.04. The zero-order chi connectivity index (χ0) is 20.4. The van der Waals surface area contributed by atoms with E-state index in [4.69, 9.17) is 0 Å². The molecule has 1 aromatic carbocycles. The van der Waals surface area contributed by atoms with E-state index in [1.807, 2.05) is 18.8 Å². The maximum Gasteiger partial charge on any atom is 0.0758 e. The molecule has 0 aliphatic heterocycles. The van der Waals surface area contributed by atoms with Gasteiger partial charge in [0.05, 0.1) is 5.69 Å². The van der Waals surface area contributed by atoms with Crippen molar-refractivity contribution < 1.29 is 0 Å². The van der Waals surface area contributed by atoms with E-state index in [-0.39, 0.29) is 0 Å². The zero-order valence-electron chi connectivity index (χ0n) is 18.1. The average molecular weight is 402 g/mol. The van der Waals surface area contributed by atoms with Crippen molar-refractivity contribution in [2.75, 3.05) is 19.3 Å². The van der Waals surface area contributed by atoms with Gasteiger partial charge in [-0.15, -0.1) is 11.8 Å². The largest absolute Gasteiger partial charge is 0.385 e. The molecule has 1 aromatic rings. The summed E-state index contributed by atoms with van der Waals surface area (Å²) in [6.07, 6.45) is 9.02. The first kappa shape index (κ1) is 23.0. The minimum Gasteiger partial charge on any atom is -0.385 e. The minimum absolute atomic E-state index is 0.518. The minimum atomic E-state index is 0.518.